The first-order valence-electron chi connectivity index (χ1n) is 6.09. The number of nitrogens with one attached hydrogen (secondary N) is 1. The minimum atomic E-state index is -0.170. The Morgan fingerprint density at radius 2 is 1.95 bits per heavy atom. The summed E-state index contributed by atoms with van der Waals surface area (Å²) in [5, 5.41) is 12.9. The highest BCUT2D eigenvalue weighted by Crippen LogP contribution is 2.35. The van der Waals surface area contributed by atoms with Crippen molar-refractivity contribution in [2.75, 3.05) is 5.32 Å². The largest absolute Gasteiger partial charge is 0.504 e. The van der Waals surface area contributed by atoms with Crippen LogP contribution in [0, 0.1) is 11.3 Å². The fourth-order valence-electron chi connectivity index (χ4n) is 1.45. The zero-order valence-electron chi connectivity index (χ0n) is 11.6. The van der Waals surface area contributed by atoms with Crippen molar-refractivity contribution in [3.8, 4) is 5.75 Å². The molecule has 0 heterocycles. The smallest absolute Gasteiger partial charge is 0.224 e. The molecular formula is C14H19Cl2NO2. The second kappa shape index (κ2) is 6.02. The summed E-state index contributed by atoms with van der Waals surface area (Å²) in [6.07, 6.45) is 0.368. The number of benzene rings is 1. The molecule has 1 aromatic carbocycles. The highest BCUT2D eigenvalue weighted by Gasteiger charge is 2.23. The van der Waals surface area contributed by atoms with E-state index in [1.807, 2.05) is 6.92 Å². The van der Waals surface area contributed by atoms with E-state index in [9.17, 15) is 9.90 Å². The van der Waals surface area contributed by atoms with Crippen LogP contribution in [0.4, 0.5) is 5.69 Å². The molecule has 0 aromatic heterocycles. The van der Waals surface area contributed by atoms with Crippen LogP contribution in [0.3, 0.4) is 0 Å². The van der Waals surface area contributed by atoms with Crippen LogP contribution in [0.15, 0.2) is 12.1 Å². The first-order valence-corrected chi connectivity index (χ1v) is 6.84. The lowest BCUT2D eigenvalue weighted by atomic mass is 9.80. The number of anilines is 1. The molecule has 1 rings (SSSR count). The normalized spacial score (nSPS) is 13.2. The molecule has 1 aromatic rings. The Morgan fingerprint density at radius 3 is 2.47 bits per heavy atom. The zero-order chi connectivity index (χ0) is 14.8. The number of aromatic hydroxyl groups is 1. The van der Waals surface area contributed by atoms with Crippen molar-refractivity contribution in [2.45, 2.75) is 34.1 Å². The molecule has 0 saturated heterocycles. The third kappa shape index (κ3) is 4.59. The summed E-state index contributed by atoms with van der Waals surface area (Å²) in [6, 6.07) is 2.90. The highest BCUT2D eigenvalue weighted by molar-refractivity contribution is 6.36. The van der Waals surface area contributed by atoms with Crippen LogP contribution >= 0.6 is 23.2 Å². The maximum atomic E-state index is 11.9. The van der Waals surface area contributed by atoms with Crippen molar-refractivity contribution in [2.24, 2.45) is 11.3 Å². The van der Waals surface area contributed by atoms with Gasteiger partial charge in [-0.25, -0.2) is 0 Å². The quantitative estimate of drug-likeness (QED) is 0.794. The van der Waals surface area contributed by atoms with E-state index in [1.165, 1.54) is 12.1 Å². The molecule has 0 radical (unpaired) electrons. The number of hydrogen-bond donors (Lipinski definition) is 2. The van der Waals surface area contributed by atoms with E-state index >= 15 is 0 Å². The number of carbonyl (C=O) groups is 1. The Morgan fingerprint density at radius 1 is 1.37 bits per heavy atom. The molecule has 0 aliphatic carbocycles. The van der Waals surface area contributed by atoms with E-state index in [-0.39, 0.29) is 33.7 Å². The van der Waals surface area contributed by atoms with Crippen LogP contribution in [0.5, 0.6) is 5.75 Å². The van der Waals surface area contributed by atoms with Crippen LogP contribution in [-0.4, -0.2) is 11.0 Å². The van der Waals surface area contributed by atoms with Crippen LogP contribution < -0.4 is 5.32 Å². The molecule has 1 amide bonds. The summed E-state index contributed by atoms with van der Waals surface area (Å²) in [6.45, 7) is 8.26. The SMILES string of the molecule is CC(CC(=O)Nc1cc(Cl)cc(Cl)c1O)C(C)(C)C. The number of amides is 1. The molecule has 0 spiro atoms. The summed E-state index contributed by atoms with van der Waals surface area (Å²) in [7, 11) is 0. The fourth-order valence-corrected chi connectivity index (χ4v) is 1.94. The minimum Gasteiger partial charge on any atom is -0.504 e. The summed E-state index contributed by atoms with van der Waals surface area (Å²) in [5.41, 5.74) is 0.286. The molecule has 0 aliphatic rings. The van der Waals surface area contributed by atoms with Gasteiger partial charge in [-0.15, -0.1) is 0 Å². The number of carbonyl (C=O) groups excluding carboxylic acids is 1. The topological polar surface area (TPSA) is 49.3 Å². The highest BCUT2D eigenvalue weighted by atomic mass is 35.5. The first kappa shape index (κ1) is 16.1. The summed E-state index contributed by atoms with van der Waals surface area (Å²) in [5.74, 6) is -0.122. The van der Waals surface area contributed by atoms with Crippen LogP contribution in [0.2, 0.25) is 10.0 Å². The lowest BCUT2D eigenvalue weighted by Gasteiger charge is -2.26. The number of rotatable bonds is 3. The van der Waals surface area contributed by atoms with Crippen LogP contribution in [0.25, 0.3) is 0 Å². The summed E-state index contributed by atoms with van der Waals surface area (Å²) < 4.78 is 0. The molecule has 0 saturated carbocycles. The molecule has 0 aliphatic heterocycles. The average molecular weight is 304 g/mol. The van der Waals surface area contributed by atoms with Crippen molar-refractivity contribution in [3.05, 3.63) is 22.2 Å². The van der Waals surface area contributed by atoms with Gasteiger partial charge in [0.15, 0.2) is 5.75 Å². The van der Waals surface area contributed by atoms with Gasteiger partial charge in [-0.1, -0.05) is 50.9 Å². The van der Waals surface area contributed by atoms with E-state index in [0.29, 0.717) is 11.4 Å². The lowest BCUT2D eigenvalue weighted by molar-refractivity contribution is -0.117. The predicted octanol–water partition coefficient (Wildman–Crippen LogP) is 4.71. The third-order valence-electron chi connectivity index (χ3n) is 3.27. The second-order valence-corrected chi connectivity index (χ2v) is 6.65. The monoisotopic (exact) mass is 303 g/mol. The van der Waals surface area contributed by atoms with Gasteiger partial charge in [0.05, 0.1) is 10.7 Å². The van der Waals surface area contributed by atoms with Gasteiger partial charge < -0.3 is 10.4 Å². The predicted molar refractivity (Wildman–Crippen MR) is 80.0 cm³/mol. The van der Waals surface area contributed by atoms with Gasteiger partial charge >= 0.3 is 0 Å². The molecule has 5 heteroatoms. The summed E-state index contributed by atoms with van der Waals surface area (Å²) >= 11 is 11.6. The van der Waals surface area contributed by atoms with E-state index in [2.05, 4.69) is 26.1 Å². The van der Waals surface area contributed by atoms with Crippen LogP contribution in [0.1, 0.15) is 34.1 Å². The molecule has 1 atom stereocenters. The van der Waals surface area contributed by atoms with Crippen molar-refractivity contribution in [3.63, 3.8) is 0 Å². The van der Waals surface area contributed by atoms with Crippen molar-refractivity contribution in [1.29, 1.82) is 0 Å². The van der Waals surface area contributed by atoms with Gasteiger partial charge in [-0.2, -0.15) is 0 Å². The minimum absolute atomic E-state index is 0.0470. The Bertz CT molecular complexity index is 481. The Hall–Kier alpha value is -0.930. The average Bonchev–Trinajstić information content (AvgIpc) is 2.23. The lowest BCUT2D eigenvalue weighted by Crippen LogP contribution is -2.23. The van der Waals surface area contributed by atoms with E-state index in [0.717, 1.165) is 0 Å². The Kier molecular flexibility index (Phi) is 5.11. The summed E-state index contributed by atoms with van der Waals surface area (Å²) in [4.78, 5) is 11.9. The van der Waals surface area contributed by atoms with Gasteiger partial charge in [0.1, 0.15) is 0 Å². The van der Waals surface area contributed by atoms with Crippen molar-refractivity contribution >= 4 is 34.8 Å². The molecule has 2 N–H and O–H groups in total. The van der Waals surface area contributed by atoms with Crippen molar-refractivity contribution < 1.29 is 9.90 Å². The number of phenols is 1. The molecule has 19 heavy (non-hydrogen) atoms. The zero-order valence-corrected chi connectivity index (χ0v) is 13.1. The number of hydrogen-bond acceptors (Lipinski definition) is 2. The molecule has 106 valence electrons. The van der Waals surface area contributed by atoms with Gasteiger partial charge in [-0.05, 0) is 23.5 Å². The van der Waals surface area contributed by atoms with Gasteiger partial charge in [0.25, 0.3) is 0 Å². The second-order valence-electron chi connectivity index (χ2n) is 5.80. The van der Waals surface area contributed by atoms with Gasteiger partial charge in [0, 0.05) is 11.4 Å². The van der Waals surface area contributed by atoms with E-state index in [4.69, 9.17) is 23.2 Å². The third-order valence-corrected chi connectivity index (χ3v) is 3.78. The maximum absolute atomic E-state index is 11.9. The van der Waals surface area contributed by atoms with Crippen LogP contribution in [-0.2, 0) is 4.79 Å². The van der Waals surface area contributed by atoms with Gasteiger partial charge in [-0.3, -0.25) is 4.79 Å². The molecule has 0 fully saturated rings. The molecular weight excluding hydrogens is 285 g/mol. The fraction of sp³-hybridized carbons (Fsp3) is 0.500. The van der Waals surface area contributed by atoms with Crippen molar-refractivity contribution in [1.82, 2.24) is 0 Å². The standard InChI is InChI=1S/C14H19Cl2NO2/c1-8(14(2,3)4)5-12(18)17-11-7-9(15)6-10(16)13(11)19/h6-8,19H,5H2,1-4H3,(H,17,18). The molecule has 0 bridgehead atoms. The molecule has 1 unspecified atom stereocenters. The maximum Gasteiger partial charge on any atom is 0.224 e. The first-order chi connectivity index (χ1) is 8.61. The van der Waals surface area contributed by atoms with Gasteiger partial charge in [0.2, 0.25) is 5.91 Å². The van der Waals surface area contributed by atoms with E-state index < -0.39 is 0 Å². The number of phenolic OH excluding ortho intramolecular Hbond substituents is 1. The van der Waals surface area contributed by atoms with E-state index in [1.54, 1.807) is 0 Å². The molecule has 3 nitrogen and oxygen atoms in total. The number of halogens is 2. The Labute approximate surface area is 123 Å². The Balaban J connectivity index is 2.78.